The van der Waals surface area contributed by atoms with Crippen LogP contribution in [0.3, 0.4) is 0 Å². The number of ether oxygens (including phenoxy) is 2. The predicted molar refractivity (Wildman–Crippen MR) is 73.6 cm³/mol. The van der Waals surface area contributed by atoms with Crippen LogP contribution >= 0.6 is 0 Å². The van der Waals surface area contributed by atoms with Crippen molar-refractivity contribution in [3.8, 4) is 5.75 Å². The summed E-state index contributed by atoms with van der Waals surface area (Å²) in [6.07, 6.45) is 0.618. The summed E-state index contributed by atoms with van der Waals surface area (Å²) < 4.78 is 11.4. The molecule has 2 rings (SSSR count). The van der Waals surface area contributed by atoms with Gasteiger partial charge in [-0.2, -0.15) is 0 Å². The Labute approximate surface area is 114 Å². The monoisotopic (exact) mass is 263 g/mol. The maximum Gasteiger partial charge on any atom is 0.134 e. The molecule has 1 aromatic rings. The van der Waals surface area contributed by atoms with E-state index >= 15 is 0 Å². The first-order valence-electron chi connectivity index (χ1n) is 6.65. The molecule has 1 aliphatic rings. The van der Waals surface area contributed by atoms with E-state index < -0.39 is 0 Å². The van der Waals surface area contributed by atoms with E-state index in [9.17, 15) is 4.79 Å². The van der Waals surface area contributed by atoms with Crippen LogP contribution in [0.4, 0.5) is 0 Å². The van der Waals surface area contributed by atoms with Crippen molar-refractivity contribution in [1.29, 1.82) is 0 Å². The standard InChI is InChI=1S/C15H21NO3/c1-12(17)9-13-3-5-14(6-4-13)19-11-15-10-16(2)7-8-18-15/h3-6,15H,7-11H2,1-2H3. The Kier molecular flexibility index (Phi) is 4.93. The highest BCUT2D eigenvalue weighted by Crippen LogP contribution is 2.14. The zero-order valence-electron chi connectivity index (χ0n) is 11.6. The lowest BCUT2D eigenvalue weighted by Crippen LogP contribution is -2.42. The van der Waals surface area contributed by atoms with Gasteiger partial charge in [-0.05, 0) is 31.7 Å². The van der Waals surface area contributed by atoms with Crippen LogP contribution in [0, 0.1) is 0 Å². The topological polar surface area (TPSA) is 38.8 Å². The molecule has 0 saturated carbocycles. The highest BCUT2D eigenvalue weighted by Gasteiger charge is 2.18. The summed E-state index contributed by atoms with van der Waals surface area (Å²) in [5, 5.41) is 0. The smallest absolute Gasteiger partial charge is 0.134 e. The summed E-state index contributed by atoms with van der Waals surface area (Å²) in [6, 6.07) is 7.69. The second-order valence-corrected chi connectivity index (χ2v) is 5.09. The van der Waals surface area contributed by atoms with Gasteiger partial charge in [-0.15, -0.1) is 0 Å². The lowest BCUT2D eigenvalue weighted by Gasteiger charge is -2.29. The van der Waals surface area contributed by atoms with Gasteiger partial charge >= 0.3 is 0 Å². The van der Waals surface area contributed by atoms with Crippen LogP contribution in [0.2, 0.25) is 0 Å². The molecule has 0 N–H and O–H groups in total. The average Bonchev–Trinajstić information content (AvgIpc) is 2.37. The van der Waals surface area contributed by atoms with Crippen molar-refractivity contribution in [2.45, 2.75) is 19.4 Å². The Bertz CT molecular complexity index is 416. The molecule has 0 amide bonds. The summed E-state index contributed by atoms with van der Waals surface area (Å²) in [7, 11) is 2.09. The predicted octanol–water partition coefficient (Wildman–Crippen LogP) is 1.53. The molecule has 1 saturated heterocycles. The number of hydrogen-bond donors (Lipinski definition) is 0. The molecular formula is C15H21NO3. The molecule has 1 fully saturated rings. The first-order chi connectivity index (χ1) is 9.13. The number of Topliss-reactive ketones (excluding diaryl/α,β-unsaturated/α-hetero) is 1. The number of ketones is 1. The third-order valence-corrected chi connectivity index (χ3v) is 3.15. The van der Waals surface area contributed by atoms with Gasteiger partial charge in [0.2, 0.25) is 0 Å². The van der Waals surface area contributed by atoms with Crippen LogP contribution in [0.15, 0.2) is 24.3 Å². The Balaban J connectivity index is 1.81. The largest absolute Gasteiger partial charge is 0.491 e. The Morgan fingerprint density at radius 1 is 1.42 bits per heavy atom. The number of benzene rings is 1. The number of carbonyl (C=O) groups is 1. The number of morpholine rings is 1. The zero-order valence-corrected chi connectivity index (χ0v) is 11.6. The van der Waals surface area contributed by atoms with Crippen molar-refractivity contribution in [2.24, 2.45) is 0 Å². The summed E-state index contributed by atoms with van der Waals surface area (Å²) in [4.78, 5) is 13.3. The Hall–Kier alpha value is -1.39. The molecule has 0 aromatic heterocycles. The van der Waals surface area contributed by atoms with Crippen molar-refractivity contribution in [3.05, 3.63) is 29.8 Å². The molecule has 19 heavy (non-hydrogen) atoms. The van der Waals surface area contributed by atoms with Crippen molar-refractivity contribution in [2.75, 3.05) is 33.4 Å². The molecule has 1 atom stereocenters. The highest BCUT2D eigenvalue weighted by molar-refractivity contribution is 5.78. The fourth-order valence-corrected chi connectivity index (χ4v) is 2.15. The zero-order chi connectivity index (χ0) is 13.7. The van der Waals surface area contributed by atoms with Crippen LogP contribution < -0.4 is 4.74 Å². The maximum absolute atomic E-state index is 11.0. The van der Waals surface area contributed by atoms with E-state index in [1.165, 1.54) is 0 Å². The lowest BCUT2D eigenvalue weighted by atomic mass is 10.1. The maximum atomic E-state index is 11.0. The van der Waals surface area contributed by atoms with Crippen molar-refractivity contribution < 1.29 is 14.3 Å². The molecule has 4 heteroatoms. The molecule has 4 nitrogen and oxygen atoms in total. The van der Waals surface area contributed by atoms with Crippen LogP contribution in [0.1, 0.15) is 12.5 Å². The van der Waals surface area contributed by atoms with Gasteiger partial charge in [-0.3, -0.25) is 4.79 Å². The minimum atomic E-state index is 0.135. The quantitative estimate of drug-likeness (QED) is 0.807. The number of hydrogen-bond acceptors (Lipinski definition) is 4. The van der Waals surface area contributed by atoms with Crippen LogP contribution in [-0.4, -0.2) is 50.1 Å². The number of rotatable bonds is 5. The minimum absolute atomic E-state index is 0.135. The van der Waals surface area contributed by atoms with E-state index in [0.29, 0.717) is 13.0 Å². The van der Waals surface area contributed by atoms with Gasteiger partial charge in [-0.1, -0.05) is 12.1 Å². The van der Waals surface area contributed by atoms with Crippen LogP contribution in [-0.2, 0) is 16.0 Å². The van der Waals surface area contributed by atoms with Crippen LogP contribution in [0.5, 0.6) is 5.75 Å². The van der Waals surface area contributed by atoms with Gasteiger partial charge in [0, 0.05) is 19.5 Å². The molecule has 0 spiro atoms. The highest BCUT2D eigenvalue weighted by atomic mass is 16.5. The Morgan fingerprint density at radius 2 is 2.16 bits per heavy atom. The lowest BCUT2D eigenvalue weighted by molar-refractivity contribution is -0.116. The first-order valence-corrected chi connectivity index (χ1v) is 6.65. The van der Waals surface area contributed by atoms with Crippen molar-refractivity contribution in [1.82, 2.24) is 4.90 Å². The third kappa shape index (κ3) is 4.65. The third-order valence-electron chi connectivity index (χ3n) is 3.15. The first kappa shape index (κ1) is 14.0. The Morgan fingerprint density at radius 3 is 2.79 bits per heavy atom. The SMILES string of the molecule is CC(=O)Cc1ccc(OCC2CN(C)CCO2)cc1. The van der Waals surface area contributed by atoms with E-state index in [1.807, 2.05) is 24.3 Å². The molecule has 0 aliphatic carbocycles. The van der Waals surface area contributed by atoms with Gasteiger partial charge in [0.15, 0.2) is 0 Å². The molecule has 1 aromatic carbocycles. The minimum Gasteiger partial charge on any atom is -0.491 e. The average molecular weight is 263 g/mol. The van der Waals surface area contributed by atoms with Gasteiger partial charge in [-0.25, -0.2) is 0 Å². The number of likely N-dealkylation sites (N-methyl/N-ethyl adjacent to an activating group) is 1. The van der Waals surface area contributed by atoms with Crippen molar-refractivity contribution >= 4 is 5.78 Å². The summed E-state index contributed by atoms with van der Waals surface area (Å²) in [6.45, 7) is 4.82. The summed E-state index contributed by atoms with van der Waals surface area (Å²) in [5.41, 5.74) is 1.02. The van der Waals surface area contributed by atoms with Crippen LogP contribution in [0.25, 0.3) is 0 Å². The second kappa shape index (κ2) is 6.68. The van der Waals surface area contributed by atoms with Crippen molar-refractivity contribution in [3.63, 3.8) is 0 Å². The number of nitrogens with zero attached hydrogens (tertiary/aromatic N) is 1. The van der Waals surface area contributed by atoms with E-state index in [1.54, 1.807) is 6.92 Å². The van der Waals surface area contributed by atoms with Gasteiger partial charge in [0.1, 0.15) is 24.2 Å². The fourth-order valence-electron chi connectivity index (χ4n) is 2.15. The van der Waals surface area contributed by atoms with E-state index in [-0.39, 0.29) is 11.9 Å². The van der Waals surface area contributed by atoms with Gasteiger partial charge in [0.25, 0.3) is 0 Å². The molecule has 0 radical (unpaired) electrons. The van der Waals surface area contributed by atoms with E-state index in [4.69, 9.17) is 9.47 Å². The van der Waals surface area contributed by atoms with Gasteiger partial charge < -0.3 is 14.4 Å². The fraction of sp³-hybridized carbons (Fsp3) is 0.533. The van der Waals surface area contributed by atoms with E-state index in [2.05, 4.69) is 11.9 Å². The van der Waals surface area contributed by atoms with E-state index in [0.717, 1.165) is 31.0 Å². The molecule has 0 bridgehead atoms. The number of carbonyl (C=O) groups excluding carboxylic acids is 1. The molecule has 1 aliphatic heterocycles. The summed E-state index contributed by atoms with van der Waals surface area (Å²) in [5.74, 6) is 0.997. The molecule has 1 unspecified atom stereocenters. The second-order valence-electron chi connectivity index (χ2n) is 5.09. The molecular weight excluding hydrogens is 242 g/mol. The molecule has 1 heterocycles. The van der Waals surface area contributed by atoms with Gasteiger partial charge in [0.05, 0.1) is 6.61 Å². The molecule has 104 valence electrons. The summed E-state index contributed by atoms with van der Waals surface area (Å²) >= 11 is 0. The normalized spacial score (nSPS) is 20.2.